The van der Waals surface area contributed by atoms with Crippen molar-refractivity contribution in [3.8, 4) is 0 Å². The molecule has 1 rings (SSSR count). The fourth-order valence-corrected chi connectivity index (χ4v) is 1.79. The maximum atomic E-state index is 5.40. The number of hydrogen-bond acceptors (Lipinski definition) is 6. The van der Waals surface area contributed by atoms with Crippen LogP contribution in [-0.2, 0) is 22.3 Å². The van der Waals surface area contributed by atoms with Crippen molar-refractivity contribution in [2.24, 2.45) is 0 Å². The van der Waals surface area contributed by atoms with Crippen LogP contribution in [0.25, 0.3) is 0 Å². The van der Waals surface area contributed by atoms with Crippen LogP contribution >= 0.6 is 0 Å². The van der Waals surface area contributed by atoms with Crippen molar-refractivity contribution >= 4 is 5.95 Å². The summed E-state index contributed by atoms with van der Waals surface area (Å²) < 4.78 is 10.3. The van der Waals surface area contributed by atoms with Crippen LogP contribution in [-0.4, -0.2) is 48.7 Å². The molecule has 0 fully saturated rings. The summed E-state index contributed by atoms with van der Waals surface area (Å²) >= 11 is 0. The zero-order valence-electron chi connectivity index (χ0n) is 12.8. The van der Waals surface area contributed by atoms with Crippen LogP contribution in [0.4, 0.5) is 5.95 Å². The number of rotatable bonds is 11. The number of aromatic nitrogens is 3. The lowest BCUT2D eigenvalue weighted by molar-refractivity contribution is 0.0691. The molecule has 0 aliphatic heterocycles. The first-order valence-electron chi connectivity index (χ1n) is 7.34. The number of nitrogens with one attached hydrogen (secondary N) is 1. The molecule has 0 aromatic carbocycles. The Balaban J connectivity index is 2.18. The van der Waals surface area contributed by atoms with Crippen molar-refractivity contribution in [3.05, 3.63) is 11.4 Å². The van der Waals surface area contributed by atoms with E-state index < -0.39 is 0 Å². The highest BCUT2D eigenvalue weighted by molar-refractivity contribution is 5.25. The molecular weight excluding hydrogens is 256 g/mol. The van der Waals surface area contributed by atoms with E-state index in [-0.39, 0.29) is 0 Å². The average molecular weight is 282 g/mol. The van der Waals surface area contributed by atoms with Crippen LogP contribution in [0.15, 0.2) is 0 Å². The summed E-state index contributed by atoms with van der Waals surface area (Å²) in [5.74, 6) is 0.624. The molecule has 0 amide bonds. The Kier molecular flexibility index (Phi) is 8.82. The minimum absolute atomic E-state index is 0.624. The maximum absolute atomic E-state index is 5.40. The molecule has 0 aliphatic rings. The lowest BCUT2D eigenvalue weighted by Crippen LogP contribution is -2.11. The predicted octanol–water partition coefficient (Wildman–Crippen LogP) is 1.85. The van der Waals surface area contributed by atoms with E-state index in [1.54, 1.807) is 7.11 Å². The Morgan fingerprint density at radius 3 is 2.45 bits per heavy atom. The third-order valence-corrected chi connectivity index (χ3v) is 2.94. The molecule has 0 saturated carbocycles. The summed E-state index contributed by atoms with van der Waals surface area (Å²) in [4.78, 5) is 4.49. The standard InChI is InChI=1S/C14H26N4O2/c1-4-12-13(5-2)17-18-14(16-12)15-8-6-7-9-20-11-10-19-3/h4-11H2,1-3H3,(H,15,16,18). The molecule has 0 atom stereocenters. The van der Waals surface area contributed by atoms with E-state index in [0.29, 0.717) is 19.2 Å². The van der Waals surface area contributed by atoms with Crippen molar-refractivity contribution in [3.63, 3.8) is 0 Å². The Hall–Kier alpha value is -1.27. The minimum Gasteiger partial charge on any atom is -0.382 e. The van der Waals surface area contributed by atoms with Gasteiger partial charge in [0.1, 0.15) is 0 Å². The van der Waals surface area contributed by atoms with Crippen molar-refractivity contribution in [2.75, 3.05) is 38.8 Å². The van der Waals surface area contributed by atoms with Crippen molar-refractivity contribution in [1.29, 1.82) is 0 Å². The van der Waals surface area contributed by atoms with Gasteiger partial charge in [0.15, 0.2) is 0 Å². The fraction of sp³-hybridized carbons (Fsp3) is 0.786. The molecule has 0 saturated heterocycles. The molecule has 0 bridgehead atoms. The van der Waals surface area contributed by atoms with E-state index in [0.717, 1.165) is 50.2 Å². The number of nitrogens with zero attached hydrogens (tertiary/aromatic N) is 3. The van der Waals surface area contributed by atoms with Crippen LogP contribution in [0, 0.1) is 0 Å². The third-order valence-electron chi connectivity index (χ3n) is 2.94. The molecule has 114 valence electrons. The van der Waals surface area contributed by atoms with Gasteiger partial charge in [-0.15, -0.1) is 5.10 Å². The van der Waals surface area contributed by atoms with Gasteiger partial charge in [-0.05, 0) is 25.7 Å². The molecule has 1 aromatic heterocycles. The SMILES string of the molecule is CCc1nnc(NCCCCOCCOC)nc1CC. The highest BCUT2D eigenvalue weighted by Crippen LogP contribution is 2.06. The van der Waals surface area contributed by atoms with Crippen LogP contribution in [0.5, 0.6) is 0 Å². The minimum atomic E-state index is 0.624. The third kappa shape index (κ3) is 6.25. The molecule has 1 aromatic rings. The van der Waals surface area contributed by atoms with E-state index in [9.17, 15) is 0 Å². The molecule has 1 heterocycles. The lowest BCUT2D eigenvalue weighted by atomic mass is 10.2. The van der Waals surface area contributed by atoms with Gasteiger partial charge in [-0.3, -0.25) is 0 Å². The summed E-state index contributed by atoms with van der Waals surface area (Å²) in [6.45, 7) is 7.07. The van der Waals surface area contributed by atoms with Gasteiger partial charge in [-0.1, -0.05) is 13.8 Å². The second-order valence-corrected chi connectivity index (χ2v) is 4.47. The van der Waals surface area contributed by atoms with Gasteiger partial charge >= 0.3 is 0 Å². The first kappa shape index (κ1) is 16.8. The first-order valence-corrected chi connectivity index (χ1v) is 7.34. The highest BCUT2D eigenvalue weighted by Gasteiger charge is 2.05. The van der Waals surface area contributed by atoms with Crippen molar-refractivity contribution < 1.29 is 9.47 Å². The molecule has 0 radical (unpaired) electrons. The second-order valence-electron chi connectivity index (χ2n) is 4.47. The van der Waals surface area contributed by atoms with Gasteiger partial charge in [0.05, 0.1) is 24.6 Å². The fourth-order valence-electron chi connectivity index (χ4n) is 1.79. The topological polar surface area (TPSA) is 69.2 Å². The van der Waals surface area contributed by atoms with Gasteiger partial charge in [0, 0.05) is 20.3 Å². The normalized spacial score (nSPS) is 10.8. The van der Waals surface area contributed by atoms with Crippen molar-refractivity contribution in [1.82, 2.24) is 15.2 Å². The van der Waals surface area contributed by atoms with Crippen LogP contribution in [0.3, 0.4) is 0 Å². The smallest absolute Gasteiger partial charge is 0.242 e. The average Bonchev–Trinajstić information content (AvgIpc) is 2.49. The van der Waals surface area contributed by atoms with Gasteiger partial charge in [-0.2, -0.15) is 5.10 Å². The number of ether oxygens (including phenoxy) is 2. The van der Waals surface area contributed by atoms with Crippen LogP contribution in [0.2, 0.25) is 0 Å². The molecule has 0 aliphatic carbocycles. The number of unbranched alkanes of at least 4 members (excludes halogenated alkanes) is 1. The van der Waals surface area contributed by atoms with E-state index in [1.165, 1.54) is 0 Å². The summed E-state index contributed by atoms with van der Waals surface area (Å²) in [6.07, 6.45) is 3.80. The van der Waals surface area contributed by atoms with Crippen molar-refractivity contribution in [2.45, 2.75) is 39.5 Å². The Morgan fingerprint density at radius 2 is 1.75 bits per heavy atom. The number of hydrogen-bond donors (Lipinski definition) is 1. The molecule has 6 nitrogen and oxygen atoms in total. The molecular formula is C14H26N4O2. The van der Waals surface area contributed by atoms with Crippen LogP contribution in [0.1, 0.15) is 38.1 Å². The second kappa shape index (κ2) is 10.5. The van der Waals surface area contributed by atoms with Gasteiger partial charge < -0.3 is 14.8 Å². The Morgan fingerprint density at radius 1 is 0.950 bits per heavy atom. The van der Waals surface area contributed by atoms with Gasteiger partial charge in [0.25, 0.3) is 0 Å². The first-order chi connectivity index (χ1) is 9.81. The lowest BCUT2D eigenvalue weighted by Gasteiger charge is -2.08. The molecule has 0 spiro atoms. The zero-order chi connectivity index (χ0) is 14.6. The summed E-state index contributed by atoms with van der Waals surface area (Å²) in [5.41, 5.74) is 2.03. The largest absolute Gasteiger partial charge is 0.382 e. The zero-order valence-corrected chi connectivity index (χ0v) is 12.8. The maximum Gasteiger partial charge on any atom is 0.242 e. The number of anilines is 1. The Bertz CT molecular complexity index is 374. The number of methoxy groups -OCH3 is 1. The Labute approximate surface area is 121 Å². The quantitative estimate of drug-likeness (QED) is 0.625. The molecule has 1 N–H and O–H groups in total. The van der Waals surface area contributed by atoms with Gasteiger partial charge in [-0.25, -0.2) is 4.98 Å². The summed E-state index contributed by atoms with van der Waals surface area (Å²) in [5, 5.41) is 11.5. The van der Waals surface area contributed by atoms with Gasteiger partial charge in [0.2, 0.25) is 5.95 Å². The number of aryl methyl sites for hydroxylation is 2. The predicted molar refractivity (Wildman–Crippen MR) is 79.0 cm³/mol. The highest BCUT2D eigenvalue weighted by atomic mass is 16.5. The molecule has 0 unspecified atom stereocenters. The molecule has 20 heavy (non-hydrogen) atoms. The van der Waals surface area contributed by atoms with Crippen LogP contribution < -0.4 is 5.32 Å². The van der Waals surface area contributed by atoms with E-state index >= 15 is 0 Å². The summed E-state index contributed by atoms with van der Waals surface area (Å²) in [7, 11) is 1.68. The molecule has 6 heteroatoms. The summed E-state index contributed by atoms with van der Waals surface area (Å²) in [6, 6.07) is 0. The van der Waals surface area contributed by atoms with E-state index in [4.69, 9.17) is 9.47 Å². The monoisotopic (exact) mass is 282 g/mol. The van der Waals surface area contributed by atoms with E-state index in [2.05, 4.69) is 34.3 Å². The van der Waals surface area contributed by atoms with E-state index in [1.807, 2.05) is 0 Å².